The minimum Gasteiger partial charge on any atom is -0.484 e. The van der Waals surface area contributed by atoms with Gasteiger partial charge in [0.2, 0.25) is 11.8 Å². The topological polar surface area (TPSA) is 79.0 Å². The number of nitrogens with zero attached hydrogens (tertiary/aromatic N) is 2. The molecule has 1 heterocycles. The molecule has 0 bridgehead atoms. The Hall–Kier alpha value is -3.35. The van der Waals surface area contributed by atoms with Gasteiger partial charge in [-0.1, -0.05) is 29.8 Å². The van der Waals surface area contributed by atoms with Crippen LogP contribution in [0.1, 0.15) is 24.5 Å². The molecule has 1 atom stereocenters. The number of likely N-dealkylation sites (N-methyl/N-ethyl adjacent to an activating group) is 1. The Labute approximate surface area is 176 Å². The highest BCUT2D eigenvalue weighted by atomic mass is 16.5. The lowest BCUT2D eigenvalue weighted by molar-refractivity contribution is -0.135. The Morgan fingerprint density at radius 3 is 2.67 bits per heavy atom. The van der Waals surface area contributed by atoms with Gasteiger partial charge in [0.25, 0.3) is 5.91 Å². The zero-order valence-corrected chi connectivity index (χ0v) is 17.8. The Bertz CT molecular complexity index is 973. The van der Waals surface area contributed by atoms with Crippen molar-refractivity contribution in [3.63, 3.8) is 0 Å². The Morgan fingerprint density at radius 2 is 1.93 bits per heavy atom. The number of benzene rings is 2. The molecular weight excluding hydrogens is 382 g/mol. The number of carbonyl (C=O) groups is 3. The molecule has 0 saturated heterocycles. The van der Waals surface area contributed by atoms with Crippen molar-refractivity contribution in [2.75, 3.05) is 30.4 Å². The summed E-state index contributed by atoms with van der Waals surface area (Å²) in [6.45, 7) is 5.48. The van der Waals surface area contributed by atoms with Crippen molar-refractivity contribution in [3.05, 3.63) is 53.6 Å². The minimum absolute atomic E-state index is 0.109. The summed E-state index contributed by atoms with van der Waals surface area (Å²) < 4.78 is 5.64. The smallest absolute Gasteiger partial charge is 0.260 e. The first-order chi connectivity index (χ1) is 14.3. The summed E-state index contributed by atoms with van der Waals surface area (Å²) in [5.41, 5.74) is 3.29. The van der Waals surface area contributed by atoms with Crippen molar-refractivity contribution in [2.24, 2.45) is 0 Å². The van der Waals surface area contributed by atoms with Crippen LogP contribution in [0.2, 0.25) is 0 Å². The van der Waals surface area contributed by atoms with Crippen LogP contribution in [0, 0.1) is 13.8 Å². The van der Waals surface area contributed by atoms with Gasteiger partial charge in [-0.2, -0.15) is 0 Å². The molecule has 1 aliphatic rings. The third-order valence-corrected chi connectivity index (χ3v) is 5.11. The van der Waals surface area contributed by atoms with Gasteiger partial charge < -0.3 is 19.9 Å². The van der Waals surface area contributed by atoms with Crippen LogP contribution in [0.15, 0.2) is 42.5 Å². The largest absolute Gasteiger partial charge is 0.484 e. The molecule has 7 nitrogen and oxygen atoms in total. The average molecular weight is 409 g/mol. The van der Waals surface area contributed by atoms with Crippen LogP contribution in [-0.4, -0.2) is 48.9 Å². The molecule has 0 aromatic heterocycles. The summed E-state index contributed by atoms with van der Waals surface area (Å²) in [5.74, 6) is -0.0491. The summed E-state index contributed by atoms with van der Waals surface area (Å²) >= 11 is 0. The van der Waals surface area contributed by atoms with E-state index in [1.807, 2.05) is 45.0 Å². The highest BCUT2D eigenvalue weighted by Crippen LogP contribution is 2.31. The first kappa shape index (κ1) is 21.4. The SMILES string of the molecule is Cc1ccc(OCC(=O)N(C)CC(=O)N2c3ccccc3NC(=O)C[C@H]2C)c(C)c1. The first-order valence-corrected chi connectivity index (χ1v) is 9.91. The van der Waals surface area contributed by atoms with E-state index in [1.54, 1.807) is 30.1 Å². The summed E-state index contributed by atoms with van der Waals surface area (Å²) in [4.78, 5) is 40.6. The molecule has 0 fully saturated rings. The number of para-hydroxylation sites is 2. The van der Waals surface area contributed by atoms with Crippen molar-refractivity contribution in [3.8, 4) is 5.75 Å². The molecule has 7 heteroatoms. The van der Waals surface area contributed by atoms with Gasteiger partial charge >= 0.3 is 0 Å². The van der Waals surface area contributed by atoms with E-state index in [9.17, 15) is 14.4 Å². The molecule has 158 valence electrons. The number of carbonyl (C=O) groups excluding carboxylic acids is 3. The van der Waals surface area contributed by atoms with Gasteiger partial charge in [-0.15, -0.1) is 0 Å². The highest BCUT2D eigenvalue weighted by Gasteiger charge is 2.30. The van der Waals surface area contributed by atoms with Gasteiger partial charge in [0.1, 0.15) is 5.75 Å². The number of anilines is 2. The standard InChI is InChI=1S/C23H27N3O4/c1-15-9-10-20(16(2)11-15)30-14-23(29)25(4)13-22(28)26-17(3)12-21(27)24-18-7-5-6-8-19(18)26/h5-11,17H,12-14H2,1-4H3,(H,24,27)/t17-/m1/s1. The number of nitrogens with one attached hydrogen (secondary N) is 1. The molecule has 0 spiro atoms. The van der Waals surface area contributed by atoms with Crippen molar-refractivity contribution in [1.82, 2.24) is 4.90 Å². The molecule has 0 radical (unpaired) electrons. The van der Waals surface area contributed by atoms with Crippen molar-refractivity contribution in [2.45, 2.75) is 33.2 Å². The zero-order valence-electron chi connectivity index (χ0n) is 17.8. The Morgan fingerprint density at radius 1 is 1.20 bits per heavy atom. The second-order valence-electron chi connectivity index (χ2n) is 7.69. The quantitative estimate of drug-likeness (QED) is 0.824. The number of hydrogen-bond acceptors (Lipinski definition) is 4. The van der Waals surface area contributed by atoms with Gasteiger partial charge in [0, 0.05) is 19.5 Å². The van der Waals surface area contributed by atoms with E-state index in [2.05, 4.69) is 5.32 Å². The van der Waals surface area contributed by atoms with E-state index in [0.29, 0.717) is 17.1 Å². The lowest BCUT2D eigenvalue weighted by Crippen LogP contribution is -2.46. The van der Waals surface area contributed by atoms with E-state index < -0.39 is 0 Å². The van der Waals surface area contributed by atoms with Gasteiger partial charge in [0.05, 0.1) is 17.9 Å². The molecule has 2 aromatic carbocycles. The van der Waals surface area contributed by atoms with Crippen LogP contribution in [-0.2, 0) is 14.4 Å². The van der Waals surface area contributed by atoms with Crippen LogP contribution in [0.5, 0.6) is 5.75 Å². The molecular formula is C23H27N3O4. The number of aryl methyl sites for hydroxylation is 2. The number of ether oxygens (including phenoxy) is 1. The molecule has 1 aliphatic heterocycles. The number of hydrogen-bond donors (Lipinski definition) is 1. The zero-order chi connectivity index (χ0) is 21.8. The van der Waals surface area contributed by atoms with Crippen molar-refractivity contribution < 1.29 is 19.1 Å². The van der Waals surface area contributed by atoms with Gasteiger partial charge in [-0.25, -0.2) is 0 Å². The lowest BCUT2D eigenvalue weighted by atomic mass is 10.1. The minimum atomic E-state index is -0.323. The molecule has 0 unspecified atom stereocenters. The fourth-order valence-corrected chi connectivity index (χ4v) is 3.55. The number of amides is 3. The van der Waals surface area contributed by atoms with Gasteiger partial charge in [-0.3, -0.25) is 14.4 Å². The molecule has 3 rings (SSSR count). The summed E-state index contributed by atoms with van der Waals surface area (Å²) in [7, 11) is 1.57. The number of fused-ring (bicyclic) bond motifs is 1. The third-order valence-electron chi connectivity index (χ3n) is 5.11. The molecule has 0 saturated carbocycles. The van der Waals surface area contributed by atoms with Crippen LogP contribution in [0.4, 0.5) is 11.4 Å². The van der Waals surface area contributed by atoms with Gasteiger partial charge in [-0.05, 0) is 44.5 Å². The summed E-state index contributed by atoms with van der Waals surface area (Å²) in [5, 5.41) is 2.83. The van der Waals surface area contributed by atoms with Crippen molar-refractivity contribution in [1.29, 1.82) is 0 Å². The van der Waals surface area contributed by atoms with Gasteiger partial charge in [0.15, 0.2) is 6.61 Å². The van der Waals surface area contributed by atoms with E-state index >= 15 is 0 Å². The van der Waals surface area contributed by atoms with E-state index in [-0.39, 0.29) is 43.3 Å². The normalized spacial score (nSPS) is 15.7. The number of rotatable bonds is 5. The molecule has 0 aliphatic carbocycles. The molecule has 3 amide bonds. The fourth-order valence-electron chi connectivity index (χ4n) is 3.55. The fraction of sp³-hybridized carbons (Fsp3) is 0.348. The first-order valence-electron chi connectivity index (χ1n) is 9.91. The predicted octanol–water partition coefficient (Wildman–Crippen LogP) is 2.90. The van der Waals surface area contributed by atoms with Crippen molar-refractivity contribution >= 4 is 29.1 Å². The van der Waals surface area contributed by atoms with Crippen LogP contribution < -0.4 is 15.0 Å². The average Bonchev–Trinajstić information content (AvgIpc) is 2.81. The van der Waals surface area contributed by atoms with Crippen LogP contribution in [0.3, 0.4) is 0 Å². The monoisotopic (exact) mass is 409 g/mol. The third kappa shape index (κ3) is 4.79. The molecule has 30 heavy (non-hydrogen) atoms. The lowest BCUT2D eigenvalue weighted by Gasteiger charge is -2.29. The highest BCUT2D eigenvalue weighted by molar-refractivity contribution is 6.05. The second kappa shape index (κ2) is 8.98. The molecule has 1 N–H and O–H groups in total. The maximum Gasteiger partial charge on any atom is 0.260 e. The predicted molar refractivity (Wildman–Crippen MR) is 116 cm³/mol. The van der Waals surface area contributed by atoms with E-state index in [0.717, 1.165) is 11.1 Å². The Balaban J connectivity index is 1.67. The van der Waals surface area contributed by atoms with E-state index in [1.165, 1.54) is 4.90 Å². The Kier molecular flexibility index (Phi) is 6.40. The molecule has 2 aromatic rings. The second-order valence-corrected chi connectivity index (χ2v) is 7.69. The van der Waals surface area contributed by atoms with Crippen LogP contribution in [0.25, 0.3) is 0 Å². The maximum absolute atomic E-state index is 13.1. The van der Waals surface area contributed by atoms with E-state index in [4.69, 9.17) is 4.74 Å². The summed E-state index contributed by atoms with van der Waals surface area (Å²) in [6, 6.07) is 12.6. The maximum atomic E-state index is 13.1. The summed E-state index contributed by atoms with van der Waals surface area (Å²) in [6.07, 6.45) is 0.188. The van der Waals surface area contributed by atoms with Crippen LogP contribution >= 0.6 is 0 Å².